The van der Waals surface area contributed by atoms with Gasteiger partial charge in [0.15, 0.2) is 5.82 Å². The summed E-state index contributed by atoms with van der Waals surface area (Å²) in [7, 11) is 1.55. The summed E-state index contributed by atoms with van der Waals surface area (Å²) < 4.78 is 5.10. The maximum absolute atomic E-state index is 6.27. The second kappa shape index (κ2) is 5.77. The van der Waals surface area contributed by atoms with Gasteiger partial charge in [0.05, 0.1) is 13.3 Å². The average Bonchev–Trinajstić information content (AvgIpc) is 3.30. The molecular weight excluding hydrogens is 288 g/mol. The molecule has 1 aliphatic carbocycles. The molecule has 0 atom stereocenters. The molecule has 110 valence electrons. The van der Waals surface area contributed by atoms with Gasteiger partial charge in [-0.15, -0.1) is 0 Å². The molecule has 0 radical (unpaired) electrons. The average molecular weight is 305 g/mol. The maximum Gasteiger partial charge on any atom is 0.318 e. The minimum Gasteiger partial charge on any atom is -0.467 e. The molecule has 0 amide bonds. The predicted octanol–water partition coefficient (Wildman–Crippen LogP) is 2.89. The van der Waals surface area contributed by atoms with Gasteiger partial charge in [0, 0.05) is 18.3 Å². The number of rotatable bonds is 5. The second-order valence-electron chi connectivity index (χ2n) is 5.13. The lowest BCUT2D eigenvalue weighted by Gasteiger charge is -2.24. The van der Waals surface area contributed by atoms with Gasteiger partial charge in [-0.2, -0.15) is 4.98 Å². The molecule has 2 aromatic rings. The van der Waals surface area contributed by atoms with E-state index in [1.807, 2.05) is 18.2 Å². The highest BCUT2D eigenvalue weighted by molar-refractivity contribution is 6.32. The third-order valence-electron chi connectivity index (χ3n) is 3.45. The number of anilines is 2. The highest BCUT2D eigenvalue weighted by atomic mass is 35.5. The zero-order valence-corrected chi connectivity index (χ0v) is 12.5. The first-order valence-electron chi connectivity index (χ1n) is 6.85. The normalized spacial score (nSPS) is 14.0. The number of aromatic nitrogens is 2. The predicted molar refractivity (Wildman–Crippen MR) is 83.7 cm³/mol. The van der Waals surface area contributed by atoms with Gasteiger partial charge in [0.25, 0.3) is 0 Å². The van der Waals surface area contributed by atoms with E-state index in [1.165, 1.54) is 0 Å². The summed E-state index contributed by atoms with van der Waals surface area (Å²) >= 11 is 6.27. The summed E-state index contributed by atoms with van der Waals surface area (Å²) in [5, 5.41) is 0.534. The maximum atomic E-state index is 6.27. The van der Waals surface area contributed by atoms with E-state index in [4.69, 9.17) is 22.1 Å². The Bertz CT molecular complexity index is 645. The number of methoxy groups -OCH3 is 1. The third kappa shape index (κ3) is 3.19. The van der Waals surface area contributed by atoms with E-state index in [9.17, 15) is 0 Å². The number of halogens is 1. The Labute approximate surface area is 128 Å². The summed E-state index contributed by atoms with van der Waals surface area (Å²) in [5.41, 5.74) is 7.74. The van der Waals surface area contributed by atoms with Crippen LogP contribution < -0.4 is 15.4 Å². The molecule has 1 aromatic heterocycles. The summed E-state index contributed by atoms with van der Waals surface area (Å²) in [6.07, 6.45) is 3.87. The van der Waals surface area contributed by atoms with Crippen LogP contribution in [0.3, 0.4) is 0 Å². The van der Waals surface area contributed by atoms with Crippen molar-refractivity contribution in [2.75, 3.05) is 17.7 Å². The fraction of sp³-hybridized carbons (Fsp3) is 0.333. The monoisotopic (exact) mass is 304 g/mol. The minimum absolute atomic E-state index is 0.327. The molecule has 6 heteroatoms. The van der Waals surface area contributed by atoms with Crippen LogP contribution in [0, 0.1) is 0 Å². The van der Waals surface area contributed by atoms with Gasteiger partial charge >= 0.3 is 6.01 Å². The van der Waals surface area contributed by atoms with E-state index in [2.05, 4.69) is 20.9 Å². The van der Waals surface area contributed by atoms with Crippen LogP contribution in [0.2, 0.25) is 5.02 Å². The van der Waals surface area contributed by atoms with Crippen LogP contribution in [0.25, 0.3) is 0 Å². The van der Waals surface area contributed by atoms with Crippen LogP contribution in [0.4, 0.5) is 11.5 Å². The van der Waals surface area contributed by atoms with Crippen molar-refractivity contribution >= 4 is 23.1 Å². The Morgan fingerprint density at radius 3 is 2.90 bits per heavy atom. The molecule has 0 aliphatic heterocycles. The molecule has 0 unspecified atom stereocenters. The molecule has 5 nitrogen and oxygen atoms in total. The Balaban J connectivity index is 1.91. The molecule has 1 saturated carbocycles. The lowest BCUT2D eigenvalue weighted by Crippen LogP contribution is -2.26. The quantitative estimate of drug-likeness (QED) is 0.861. The largest absolute Gasteiger partial charge is 0.467 e. The molecule has 1 aromatic carbocycles. The minimum atomic E-state index is 0.327. The molecule has 3 rings (SSSR count). The van der Waals surface area contributed by atoms with Gasteiger partial charge < -0.3 is 15.4 Å². The van der Waals surface area contributed by atoms with Crippen molar-refractivity contribution < 1.29 is 4.74 Å². The smallest absolute Gasteiger partial charge is 0.318 e. The van der Waals surface area contributed by atoms with E-state index in [1.54, 1.807) is 13.3 Å². The van der Waals surface area contributed by atoms with Crippen molar-refractivity contribution in [2.45, 2.75) is 25.4 Å². The zero-order chi connectivity index (χ0) is 14.8. The summed E-state index contributed by atoms with van der Waals surface area (Å²) in [6, 6.07) is 8.65. The van der Waals surface area contributed by atoms with E-state index in [0.717, 1.165) is 30.6 Å². The number of hydrogen-bond donors (Lipinski definition) is 1. The van der Waals surface area contributed by atoms with Gasteiger partial charge in [-0.3, -0.25) is 0 Å². The second-order valence-corrected chi connectivity index (χ2v) is 5.54. The lowest BCUT2D eigenvalue weighted by atomic mass is 10.2. The standard InChI is InChI=1S/C15H17ClN4O/c1-21-15-18-8-13(16)14(19-15)20(12-5-6-12)9-10-3-2-4-11(17)7-10/h2-4,7-8,12H,5-6,9,17H2,1H3. The van der Waals surface area contributed by atoms with Crippen LogP contribution >= 0.6 is 11.6 Å². The highest BCUT2D eigenvalue weighted by Gasteiger charge is 2.31. The van der Waals surface area contributed by atoms with Crippen molar-refractivity contribution in [2.24, 2.45) is 0 Å². The molecule has 0 saturated heterocycles. The van der Waals surface area contributed by atoms with Crippen molar-refractivity contribution in [1.29, 1.82) is 0 Å². The van der Waals surface area contributed by atoms with Crippen LogP contribution in [-0.2, 0) is 6.54 Å². The topological polar surface area (TPSA) is 64.3 Å². The van der Waals surface area contributed by atoms with Gasteiger partial charge in [0.1, 0.15) is 5.02 Å². The van der Waals surface area contributed by atoms with Crippen molar-refractivity contribution in [1.82, 2.24) is 9.97 Å². The molecule has 0 spiro atoms. The van der Waals surface area contributed by atoms with Gasteiger partial charge in [-0.1, -0.05) is 23.7 Å². The number of ether oxygens (including phenoxy) is 1. The molecule has 2 N–H and O–H groups in total. The first-order valence-corrected chi connectivity index (χ1v) is 7.23. The van der Waals surface area contributed by atoms with E-state index in [0.29, 0.717) is 22.9 Å². The Morgan fingerprint density at radius 1 is 1.43 bits per heavy atom. The molecule has 21 heavy (non-hydrogen) atoms. The number of nitrogens with zero attached hydrogens (tertiary/aromatic N) is 3. The zero-order valence-electron chi connectivity index (χ0n) is 11.8. The van der Waals surface area contributed by atoms with Gasteiger partial charge in [-0.25, -0.2) is 4.98 Å². The summed E-state index contributed by atoms with van der Waals surface area (Å²) in [5.74, 6) is 0.716. The SMILES string of the molecule is COc1ncc(Cl)c(N(Cc2cccc(N)c2)C2CC2)n1. The Kier molecular flexibility index (Phi) is 3.84. The number of nitrogen functional groups attached to an aromatic ring is 1. The molecule has 1 heterocycles. The third-order valence-corrected chi connectivity index (χ3v) is 3.72. The van der Waals surface area contributed by atoms with E-state index < -0.39 is 0 Å². The number of benzene rings is 1. The number of hydrogen-bond acceptors (Lipinski definition) is 5. The molecular formula is C15H17ClN4O. The van der Waals surface area contributed by atoms with Crippen molar-refractivity contribution in [3.8, 4) is 6.01 Å². The summed E-state index contributed by atoms with van der Waals surface area (Å²) in [6.45, 7) is 0.718. The first kappa shape index (κ1) is 13.9. The fourth-order valence-corrected chi connectivity index (χ4v) is 2.49. The Morgan fingerprint density at radius 2 is 2.24 bits per heavy atom. The van der Waals surface area contributed by atoms with Gasteiger partial charge in [0.2, 0.25) is 0 Å². The van der Waals surface area contributed by atoms with Crippen LogP contribution in [0.1, 0.15) is 18.4 Å². The van der Waals surface area contributed by atoms with E-state index >= 15 is 0 Å². The fourth-order valence-electron chi connectivity index (χ4n) is 2.29. The highest BCUT2D eigenvalue weighted by Crippen LogP contribution is 2.36. The number of nitrogens with two attached hydrogens (primary N) is 1. The molecule has 1 aliphatic rings. The molecule has 0 bridgehead atoms. The summed E-state index contributed by atoms with van der Waals surface area (Å²) in [4.78, 5) is 10.6. The van der Waals surface area contributed by atoms with Crippen LogP contribution in [0.15, 0.2) is 30.5 Å². The molecule has 1 fully saturated rings. The lowest BCUT2D eigenvalue weighted by molar-refractivity contribution is 0.379. The van der Waals surface area contributed by atoms with Gasteiger partial charge in [-0.05, 0) is 30.5 Å². The van der Waals surface area contributed by atoms with E-state index in [-0.39, 0.29) is 0 Å². The van der Waals surface area contributed by atoms with Crippen molar-refractivity contribution in [3.63, 3.8) is 0 Å². The van der Waals surface area contributed by atoms with Crippen molar-refractivity contribution in [3.05, 3.63) is 41.0 Å². The Hall–Kier alpha value is -2.01. The van der Waals surface area contributed by atoms with Crippen LogP contribution in [-0.4, -0.2) is 23.1 Å². The first-order chi connectivity index (χ1) is 10.2. The van der Waals surface area contributed by atoms with Crippen LogP contribution in [0.5, 0.6) is 6.01 Å².